The number of nitro groups is 2. The van der Waals surface area contributed by atoms with Crippen LogP contribution in [0.3, 0.4) is 0 Å². The number of aromatic nitrogens is 2. The van der Waals surface area contributed by atoms with Gasteiger partial charge in [0, 0.05) is 24.4 Å². The normalized spacial score (nSPS) is 10.7. The van der Waals surface area contributed by atoms with E-state index in [0.29, 0.717) is 11.4 Å². The molecule has 2 aromatic carbocycles. The second-order valence-corrected chi connectivity index (χ2v) is 5.12. The summed E-state index contributed by atoms with van der Waals surface area (Å²) in [4.78, 5) is 21.1. The number of hydrogen-bond donors (Lipinski definition) is 3. The molecule has 0 saturated heterocycles. The molecule has 1 aromatic heterocycles. The van der Waals surface area contributed by atoms with Crippen molar-refractivity contribution in [2.45, 2.75) is 0 Å². The highest BCUT2D eigenvalue weighted by atomic mass is 16.6. The quantitative estimate of drug-likeness (QED) is 0.419. The van der Waals surface area contributed by atoms with Gasteiger partial charge in [-0.2, -0.15) is 0 Å². The lowest BCUT2D eigenvalue weighted by Crippen LogP contribution is -2.08. The summed E-state index contributed by atoms with van der Waals surface area (Å²) in [7, 11) is 0. The highest BCUT2D eigenvalue weighted by Crippen LogP contribution is 2.38. The van der Waals surface area contributed by atoms with Gasteiger partial charge in [0.2, 0.25) is 5.52 Å². The number of hydrogen-bond acceptors (Lipinski definition) is 10. The van der Waals surface area contributed by atoms with Crippen LogP contribution in [0.2, 0.25) is 0 Å². The van der Waals surface area contributed by atoms with Gasteiger partial charge in [0.15, 0.2) is 5.52 Å². The minimum absolute atomic E-state index is 0.0773. The van der Waals surface area contributed by atoms with Crippen molar-refractivity contribution < 1.29 is 19.6 Å². The summed E-state index contributed by atoms with van der Waals surface area (Å²) in [6.07, 6.45) is 0. The molecule has 0 fully saturated rings. The van der Waals surface area contributed by atoms with Crippen LogP contribution >= 0.6 is 0 Å². The van der Waals surface area contributed by atoms with Crippen LogP contribution in [0.5, 0.6) is 0 Å². The molecule has 0 aliphatic heterocycles. The molecule has 0 unspecified atom stereocenters. The zero-order valence-electron chi connectivity index (χ0n) is 13.1. The first kappa shape index (κ1) is 17.0. The third kappa shape index (κ3) is 3.21. The van der Waals surface area contributed by atoms with Gasteiger partial charge in [-0.25, -0.2) is 4.63 Å². The topological polar surface area (TPSA) is 169 Å². The van der Waals surface area contributed by atoms with Crippen LogP contribution in [0.15, 0.2) is 35.0 Å². The Balaban J connectivity index is 2.09. The molecule has 0 spiro atoms. The molecule has 3 N–H and O–H groups in total. The van der Waals surface area contributed by atoms with Crippen molar-refractivity contribution in [2.24, 2.45) is 0 Å². The number of non-ortho nitro benzene ring substituents is 1. The molecule has 0 atom stereocenters. The molecule has 0 radical (unpaired) electrons. The second-order valence-electron chi connectivity index (χ2n) is 5.12. The van der Waals surface area contributed by atoms with Crippen molar-refractivity contribution in [2.75, 3.05) is 23.8 Å². The first-order valence-corrected chi connectivity index (χ1v) is 7.31. The molecule has 1 heterocycles. The molecule has 0 aliphatic rings. The van der Waals surface area contributed by atoms with E-state index in [1.807, 2.05) is 0 Å². The summed E-state index contributed by atoms with van der Waals surface area (Å²) in [6, 6.07) is 7.13. The number of aliphatic hydroxyl groups excluding tert-OH is 1. The maximum absolute atomic E-state index is 11.4. The van der Waals surface area contributed by atoms with E-state index < -0.39 is 9.85 Å². The van der Waals surface area contributed by atoms with Gasteiger partial charge in [-0.3, -0.25) is 20.2 Å². The van der Waals surface area contributed by atoms with Crippen LogP contribution in [-0.4, -0.2) is 38.4 Å². The van der Waals surface area contributed by atoms with E-state index in [-0.39, 0.29) is 41.2 Å². The van der Waals surface area contributed by atoms with Gasteiger partial charge in [0.05, 0.1) is 22.1 Å². The number of anilines is 3. The minimum atomic E-state index is -0.636. The molecule has 12 nitrogen and oxygen atoms in total. The Morgan fingerprint density at radius 2 is 1.85 bits per heavy atom. The fourth-order valence-corrected chi connectivity index (χ4v) is 2.39. The van der Waals surface area contributed by atoms with Gasteiger partial charge >= 0.3 is 5.69 Å². The first-order valence-electron chi connectivity index (χ1n) is 7.31. The Labute approximate surface area is 144 Å². The van der Waals surface area contributed by atoms with Gasteiger partial charge in [0.25, 0.3) is 5.69 Å². The fourth-order valence-electron chi connectivity index (χ4n) is 2.39. The fraction of sp³-hybridized carbons (Fsp3) is 0.143. The molecule has 0 amide bonds. The van der Waals surface area contributed by atoms with Crippen LogP contribution in [0.1, 0.15) is 0 Å². The Hall–Kier alpha value is -3.80. The van der Waals surface area contributed by atoms with Crippen molar-refractivity contribution in [1.29, 1.82) is 0 Å². The molecule has 0 saturated carbocycles. The molecule has 12 heteroatoms. The van der Waals surface area contributed by atoms with E-state index in [9.17, 15) is 20.2 Å². The van der Waals surface area contributed by atoms with Gasteiger partial charge in [-0.1, -0.05) is 6.07 Å². The summed E-state index contributed by atoms with van der Waals surface area (Å²) in [5, 5.41) is 44.1. The van der Waals surface area contributed by atoms with Crippen molar-refractivity contribution >= 4 is 39.5 Å². The molecular formula is C14H12N6O6. The Morgan fingerprint density at radius 1 is 1.08 bits per heavy atom. The summed E-state index contributed by atoms with van der Waals surface area (Å²) >= 11 is 0. The van der Waals surface area contributed by atoms with Gasteiger partial charge in [0.1, 0.15) is 5.69 Å². The predicted octanol–water partition coefficient (Wildman–Crippen LogP) is 2.19. The second kappa shape index (κ2) is 6.98. The van der Waals surface area contributed by atoms with Crippen molar-refractivity contribution in [3.8, 4) is 0 Å². The predicted molar refractivity (Wildman–Crippen MR) is 90.4 cm³/mol. The summed E-state index contributed by atoms with van der Waals surface area (Å²) < 4.78 is 4.63. The van der Waals surface area contributed by atoms with E-state index >= 15 is 0 Å². The zero-order valence-corrected chi connectivity index (χ0v) is 13.1. The largest absolute Gasteiger partial charge is 0.395 e. The monoisotopic (exact) mass is 360 g/mol. The zero-order chi connectivity index (χ0) is 18.7. The van der Waals surface area contributed by atoms with Crippen LogP contribution in [0.4, 0.5) is 28.4 Å². The molecule has 0 bridgehead atoms. The van der Waals surface area contributed by atoms with E-state index in [0.717, 1.165) is 0 Å². The number of nitrogens with zero attached hydrogens (tertiary/aromatic N) is 4. The molecule has 3 rings (SSSR count). The van der Waals surface area contributed by atoms with Crippen LogP contribution in [0.25, 0.3) is 11.0 Å². The molecule has 3 aromatic rings. The van der Waals surface area contributed by atoms with E-state index in [4.69, 9.17) is 5.11 Å². The molecule has 134 valence electrons. The average Bonchev–Trinajstić information content (AvgIpc) is 3.09. The number of benzene rings is 2. The molecule has 0 aliphatic carbocycles. The standard InChI is InChI=1S/C14H12N6O6/c21-5-4-15-11-7-10(12-13(18-26-17-12)14(11)20(24)25)16-8-2-1-3-9(6-8)19(22)23/h1-3,6-7,15-16,21H,4-5H2. The van der Waals surface area contributed by atoms with Crippen molar-refractivity contribution in [3.05, 3.63) is 50.6 Å². The lowest BCUT2D eigenvalue weighted by Gasteiger charge is -2.10. The Bertz CT molecular complexity index is 987. The first-order chi connectivity index (χ1) is 12.5. The number of nitro benzene ring substituents is 2. The number of aliphatic hydroxyl groups is 1. The maximum Gasteiger partial charge on any atom is 0.323 e. The highest BCUT2D eigenvalue weighted by molar-refractivity contribution is 6.00. The molecule has 26 heavy (non-hydrogen) atoms. The number of fused-ring (bicyclic) bond motifs is 1. The third-order valence-corrected chi connectivity index (χ3v) is 3.46. The van der Waals surface area contributed by atoms with Gasteiger partial charge in [-0.15, -0.1) is 0 Å². The summed E-state index contributed by atoms with van der Waals surface area (Å²) in [5.74, 6) is 0. The molecular weight excluding hydrogens is 348 g/mol. The van der Waals surface area contributed by atoms with E-state index in [1.54, 1.807) is 6.07 Å². The SMILES string of the molecule is O=[N+]([O-])c1cccc(Nc2cc(NCCO)c([N+](=O)[O-])c3nonc23)c1. The van der Waals surface area contributed by atoms with Gasteiger partial charge in [-0.05, 0) is 22.4 Å². The number of nitrogens with one attached hydrogen (secondary N) is 2. The van der Waals surface area contributed by atoms with Crippen molar-refractivity contribution in [1.82, 2.24) is 10.3 Å². The van der Waals surface area contributed by atoms with Crippen LogP contribution in [0, 0.1) is 20.2 Å². The average molecular weight is 360 g/mol. The number of rotatable bonds is 7. The highest BCUT2D eigenvalue weighted by Gasteiger charge is 2.25. The minimum Gasteiger partial charge on any atom is -0.395 e. The summed E-state index contributed by atoms with van der Waals surface area (Å²) in [5.41, 5.74) is 0.311. The van der Waals surface area contributed by atoms with Crippen molar-refractivity contribution in [3.63, 3.8) is 0 Å². The van der Waals surface area contributed by atoms with Crippen LogP contribution in [-0.2, 0) is 0 Å². The lowest BCUT2D eigenvalue weighted by molar-refractivity contribution is -0.384. The Kier molecular flexibility index (Phi) is 4.57. The van der Waals surface area contributed by atoms with Gasteiger partial charge < -0.3 is 15.7 Å². The summed E-state index contributed by atoms with van der Waals surface area (Å²) in [6.45, 7) is -0.159. The van der Waals surface area contributed by atoms with E-state index in [2.05, 4.69) is 25.6 Å². The smallest absolute Gasteiger partial charge is 0.323 e. The lowest BCUT2D eigenvalue weighted by atomic mass is 10.1. The Morgan fingerprint density at radius 3 is 2.54 bits per heavy atom. The third-order valence-electron chi connectivity index (χ3n) is 3.46. The van der Waals surface area contributed by atoms with E-state index in [1.165, 1.54) is 24.3 Å². The van der Waals surface area contributed by atoms with Crippen LogP contribution < -0.4 is 10.6 Å². The maximum atomic E-state index is 11.4.